The molecule has 36 heavy (non-hydrogen) atoms. The van der Waals surface area contributed by atoms with Crippen LogP contribution in [0.4, 0.5) is 10.5 Å². The van der Waals surface area contributed by atoms with Crippen LogP contribution in [0, 0.1) is 6.92 Å². The number of benzene rings is 2. The molecule has 1 N–H and O–H groups in total. The molecule has 1 aliphatic rings. The number of hydrogen-bond donors (Lipinski definition) is 1. The molecular formula is C26H28N2O7S. The molecular weight excluding hydrogens is 484 g/mol. The zero-order chi connectivity index (χ0) is 26.2. The fourth-order valence-electron chi connectivity index (χ4n) is 3.28. The van der Waals surface area contributed by atoms with Crippen LogP contribution in [-0.4, -0.2) is 53.8 Å². The number of imide groups is 1. The molecule has 1 fully saturated rings. The van der Waals surface area contributed by atoms with E-state index in [1.807, 2.05) is 32.0 Å². The van der Waals surface area contributed by atoms with E-state index in [2.05, 4.69) is 5.32 Å². The van der Waals surface area contributed by atoms with Crippen LogP contribution in [0.3, 0.4) is 0 Å². The molecule has 9 nitrogen and oxygen atoms in total. The summed E-state index contributed by atoms with van der Waals surface area (Å²) in [5.41, 5.74) is 2.29. The Morgan fingerprint density at radius 3 is 2.56 bits per heavy atom. The number of carbonyl (C=O) groups excluding carboxylic acids is 4. The highest BCUT2D eigenvalue weighted by molar-refractivity contribution is 8.18. The second kappa shape index (κ2) is 12.3. The number of amides is 3. The van der Waals surface area contributed by atoms with Crippen LogP contribution in [0.25, 0.3) is 6.08 Å². The summed E-state index contributed by atoms with van der Waals surface area (Å²) in [6.07, 6.45) is 1.19. The van der Waals surface area contributed by atoms with Gasteiger partial charge >= 0.3 is 5.97 Å². The molecule has 0 unspecified atom stereocenters. The Labute approximate surface area is 213 Å². The average Bonchev–Trinajstić information content (AvgIpc) is 3.05. The SMILES string of the molecule is CCOc1cc(/C=C2\SC(=O)N(CC(=O)OC(C)C)C2=O)ccc1OCC(=O)Nc1cccc(C)c1. The summed E-state index contributed by atoms with van der Waals surface area (Å²) in [5, 5.41) is 2.23. The third-order valence-electron chi connectivity index (χ3n) is 4.75. The quantitative estimate of drug-likeness (QED) is 0.368. The van der Waals surface area contributed by atoms with Gasteiger partial charge in [0.05, 0.1) is 17.6 Å². The minimum Gasteiger partial charge on any atom is -0.490 e. The van der Waals surface area contributed by atoms with Crippen LogP contribution in [0.1, 0.15) is 31.9 Å². The monoisotopic (exact) mass is 512 g/mol. The van der Waals surface area contributed by atoms with E-state index in [-0.39, 0.29) is 23.5 Å². The van der Waals surface area contributed by atoms with Crippen molar-refractivity contribution in [1.29, 1.82) is 0 Å². The highest BCUT2D eigenvalue weighted by atomic mass is 32.2. The summed E-state index contributed by atoms with van der Waals surface area (Å²) < 4.78 is 16.3. The lowest BCUT2D eigenvalue weighted by Gasteiger charge is -2.13. The molecule has 0 aromatic heterocycles. The highest BCUT2D eigenvalue weighted by Crippen LogP contribution is 2.34. The maximum Gasteiger partial charge on any atom is 0.326 e. The summed E-state index contributed by atoms with van der Waals surface area (Å²) in [6, 6.07) is 12.4. The van der Waals surface area contributed by atoms with Gasteiger partial charge in [-0.3, -0.25) is 24.1 Å². The van der Waals surface area contributed by atoms with Crippen molar-refractivity contribution in [2.24, 2.45) is 0 Å². The van der Waals surface area contributed by atoms with Gasteiger partial charge in [0.15, 0.2) is 18.1 Å². The highest BCUT2D eigenvalue weighted by Gasteiger charge is 2.36. The molecule has 0 aliphatic carbocycles. The van der Waals surface area contributed by atoms with Crippen molar-refractivity contribution in [3.63, 3.8) is 0 Å². The predicted octanol–water partition coefficient (Wildman–Crippen LogP) is 4.40. The standard InChI is InChI=1S/C26H28N2O7S/c1-5-33-21-12-18(13-22-25(31)28(26(32)36-22)14-24(30)35-16(2)3)9-10-20(21)34-15-23(29)27-19-8-6-7-17(4)11-19/h6-13,16H,5,14-15H2,1-4H3,(H,27,29)/b22-13-. The molecule has 1 saturated heterocycles. The number of hydrogen-bond acceptors (Lipinski definition) is 8. The molecule has 0 radical (unpaired) electrons. The number of anilines is 1. The van der Waals surface area contributed by atoms with Crippen molar-refractivity contribution in [1.82, 2.24) is 4.90 Å². The Bertz CT molecular complexity index is 1190. The summed E-state index contributed by atoms with van der Waals surface area (Å²) in [7, 11) is 0. The van der Waals surface area contributed by atoms with Gasteiger partial charge < -0.3 is 19.5 Å². The Hall–Kier alpha value is -3.79. The number of nitrogens with one attached hydrogen (secondary N) is 1. The molecule has 2 aromatic carbocycles. The molecule has 2 aromatic rings. The second-order valence-electron chi connectivity index (χ2n) is 8.15. The van der Waals surface area contributed by atoms with E-state index >= 15 is 0 Å². The van der Waals surface area contributed by atoms with Crippen molar-refractivity contribution < 1.29 is 33.4 Å². The van der Waals surface area contributed by atoms with E-state index in [0.717, 1.165) is 22.2 Å². The Morgan fingerprint density at radius 2 is 1.86 bits per heavy atom. The Kier molecular flexibility index (Phi) is 9.13. The van der Waals surface area contributed by atoms with Gasteiger partial charge in [-0.25, -0.2) is 0 Å². The summed E-state index contributed by atoms with van der Waals surface area (Å²) >= 11 is 0.743. The topological polar surface area (TPSA) is 111 Å². The second-order valence-corrected chi connectivity index (χ2v) is 9.15. The number of esters is 1. The summed E-state index contributed by atoms with van der Waals surface area (Å²) in [5.74, 6) is -0.805. The molecule has 3 rings (SSSR count). The van der Waals surface area contributed by atoms with Gasteiger partial charge in [-0.15, -0.1) is 0 Å². The van der Waals surface area contributed by atoms with E-state index in [9.17, 15) is 19.2 Å². The summed E-state index contributed by atoms with van der Waals surface area (Å²) in [4.78, 5) is 50.2. The zero-order valence-corrected chi connectivity index (χ0v) is 21.3. The van der Waals surface area contributed by atoms with Gasteiger partial charge in [0.25, 0.3) is 17.1 Å². The van der Waals surface area contributed by atoms with E-state index in [0.29, 0.717) is 29.4 Å². The lowest BCUT2D eigenvalue weighted by atomic mass is 10.2. The number of carbonyl (C=O) groups is 4. The third-order valence-corrected chi connectivity index (χ3v) is 5.66. The van der Waals surface area contributed by atoms with Crippen LogP contribution in [0.15, 0.2) is 47.4 Å². The number of thioether (sulfide) groups is 1. The third kappa shape index (κ3) is 7.35. The maximum atomic E-state index is 12.7. The summed E-state index contributed by atoms with van der Waals surface area (Å²) in [6.45, 7) is 6.80. The molecule has 190 valence electrons. The van der Waals surface area contributed by atoms with E-state index in [1.165, 1.54) is 6.08 Å². The molecule has 10 heteroatoms. The van der Waals surface area contributed by atoms with E-state index in [4.69, 9.17) is 14.2 Å². The molecule has 0 bridgehead atoms. The van der Waals surface area contributed by atoms with Gasteiger partial charge in [-0.1, -0.05) is 18.2 Å². The fourth-order valence-corrected chi connectivity index (χ4v) is 4.12. The van der Waals surface area contributed by atoms with Crippen molar-refractivity contribution in [3.05, 3.63) is 58.5 Å². The molecule has 3 amide bonds. The Balaban J connectivity index is 1.68. The molecule has 0 atom stereocenters. The number of nitrogens with zero attached hydrogens (tertiary/aromatic N) is 1. The predicted molar refractivity (Wildman–Crippen MR) is 137 cm³/mol. The first kappa shape index (κ1) is 26.8. The van der Waals surface area contributed by atoms with Crippen LogP contribution in [0.2, 0.25) is 0 Å². The minimum atomic E-state index is -0.653. The van der Waals surface area contributed by atoms with Gasteiger partial charge in [0.1, 0.15) is 6.54 Å². The first-order valence-electron chi connectivity index (χ1n) is 11.4. The average molecular weight is 513 g/mol. The minimum absolute atomic E-state index is 0.172. The number of rotatable bonds is 10. The maximum absolute atomic E-state index is 12.7. The van der Waals surface area contributed by atoms with Gasteiger partial charge in [-0.05, 0) is 80.9 Å². The number of ether oxygens (including phenoxy) is 3. The smallest absolute Gasteiger partial charge is 0.326 e. The molecule has 1 heterocycles. The Morgan fingerprint density at radius 1 is 1.08 bits per heavy atom. The van der Waals surface area contributed by atoms with Gasteiger partial charge in [0, 0.05) is 5.69 Å². The normalized spacial score (nSPS) is 14.4. The molecule has 0 saturated carbocycles. The van der Waals surface area contributed by atoms with Crippen LogP contribution < -0.4 is 14.8 Å². The van der Waals surface area contributed by atoms with Crippen molar-refractivity contribution >= 4 is 46.5 Å². The first-order valence-corrected chi connectivity index (χ1v) is 12.2. The van der Waals surface area contributed by atoms with Crippen LogP contribution in [-0.2, 0) is 19.1 Å². The van der Waals surface area contributed by atoms with Gasteiger partial charge in [-0.2, -0.15) is 0 Å². The van der Waals surface area contributed by atoms with Crippen molar-refractivity contribution in [2.45, 2.75) is 33.8 Å². The van der Waals surface area contributed by atoms with Gasteiger partial charge in [0.2, 0.25) is 0 Å². The lowest BCUT2D eigenvalue weighted by Crippen LogP contribution is -2.35. The van der Waals surface area contributed by atoms with E-state index < -0.39 is 23.7 Å². The largest absolute Gasteiger partial charge is 0.490 e. The van der Waals surface area contributed by atoms with Crippen LogP contribution >= 0.6 is 11.8 Å². The lowest BCUT2D eigenvalue weighted by molar-refractivity contribution is -0.149. The number of aryl methyl sites for hydroxylation is 1. The van der Waals surface area contributed by atoms with Crippen LogP contribution in [0.5, 0.6) is 11.5 Å². The molecule has 0 spiro atoms. The van der Waals surface area contributed by atoms with E-state index in [1.54, 1.807) is 38.1 Å². The fraction of sp³-hybridized carbons (Fsp3) is 0.308. The van der Waals surface area contributed by atoms with Crippen molar-refractivity contribution in [2.75, 3.05) is 25.1 Å². The zero-order valence-electron chi connectivity index (χ0n) is 20.5. The van der Waals surface area contributed by atoms with Crippen molar-refractivity contribution in [3.8, 4) is 11.5 Å². The first-order chi connectivity index (χ1) is 17.2. The molecule has 1 aliphatic heterocycles.